The highest BCUT2D eigenvalue weighted by Crippen LogP contribution is 2.13. The molecule has 0 spiro atoms. The zero-order valence-electron chi connectivity index (χ0n) is 13.0. The molecule has 0 bridgehead atoms. The molecule has 3 aromatic rings. The van der Waals surface area contributed by atoms with Crippen LogP contribution in [-0.2, 0) is 17.8 Å². The topological polar surface area (TPSA) is 66.1 Å². The van der Waals surface area contributed by atoms with Gasteiger partial charge in [-0.1, -0.05) is 6.07 Å². The van der Waals surface area contributed by atoms with Crippen molar-refractivity contribution in [3.63, 3.8) is 0 Å². The molecular formula is C17H17N3O3. The Hall–Kier alpha value is -2.89. The van der Waals surface area contributed by atoms with E-state index < -0.39 is 5.97 Å². The molecule has 0 aliphatic carbocycles. The van der Waals surface area contributed by atoms with Crippen molar-refractivity contribution in [1.29, 1.82) is 0 Å². The number of aromatic nitrogens is 3. The van der Waals surface area contributed by atoms with Crippen LogP contribution in [0.1, 0.15) is 16.2 Å². The molecule has 1 aromatic carbocycles. The molecular weight excluding hydrogens is 294 g/mol. The molecule has 118 valence electrons. The number of ether oxygens (including phenoxy) is 1. The van der Waals surface area contributed by atoms with Crippen molar-refractivity contribution in [3.05, 3.63) is 64.6 Å². The molecule has 0 saturated carbocycles. The standard InChI is InChI=1S/C17H17N3O3/c1-12-18-6-8-19(12)9-10-20-7-5-13-3-4-14(17(22)23-2)11-15(13)16(20)21/h3-8,11H,9-10H2,1-2H3. The van der Waals surface area contributed by atoms with Gasteiger partial charge in [-0.3, -0.25) is 4.79 Å². The highest BCUT2D eigenvalue weighted by atomic mass is 16.5. The van der Waals surface area contributed by atoms with Gasteiger partial charge in [0.25, 0.3) is 5.56 Å². The molecule has 0 aliphatic rings. The van der Waals surface area contributed by atoms with E-state index in [4.69, 9.17) is 4.74 Å². The van der Waals surface area contributed by atoms with Gasteiger partial charge in [-0.15, -0.1) is 0 Å². The largest absolute Gasteiger partial charge is 0.465 e. The quantitative estimate of drug-likeness (QED) is 0.691. The van der Waals surface area contributed by atoms with Crippen molar-refractivity contribution in [2.75, 3.05) is 7.11 Å². The van der Waals surface area contributed by atoms with Gasteiger partial charge < -0.3 is 13.9 Å². The summed E-state index contributed by atoms with van der Waals surface area (Å²) in [5, 5.41) is 1.32. The fraction of sp³-hybridized carbons (Fsp3) is 0.235. The molecule has 2 heterocycles. The van der Waals surface area contributed by atoms with Crippen molar-refractivity contribution in [3.8, 4) is 0 Å². The molecule has 6 heteroatoms. The second kappa shape index (κ2) is 6.08. The number of hydrogen-bond donors (Lipinski definition) is 0. The Labute approximate surface area is 132 Å². The average molecular weight is 311 g/mol. The number of carbonyl (C=O) groups excluding carboxylic acids is 1. The number of esters is 1. The van der Waals surface area contributed by atoms with Crippen molar-refractivity contribution in [2.45, 2.75) is 20.0 Å². The summed E-state index contributed by atoms with van der Waals surface area (Å²) in [5.74, 6) is 0.461. The zero-order chi connectivity index (χ0) is 16.4. The lowest BCUT2D eigenvalue weighted by Crippen LogP contribution is -2.22. The number of hydrogen-bond acceptors (Lipinski definition) is 4. The number of methoxy groups -OCH3 is 1. The number of carbonyl (C=O) groups is 1. The van der Waals surface area contributed by atoms with E-state index in [1.165, 1.54) is 7.11 Å². The van der Waals surface area contributed by atoms with Gasteiger partial charge in [-0.05, 0) is 30.5 Å². The number of pyridine rings is 1. The maximum atomic E-state index is 12.6. The molecule has 6 nitrogen and oxygen atoms in total. The van der Waals surface area contributed by atoms with Gasteiger partial charge in [-0.25, -0.2) is 9.78 Å². The van der Waals surface area contributed by atoms with Crippen LogP contribution in [0, 0.1) is 6.92 Å². The van der Waals surface area contributed by atoms with Crippen LogP contribution in [0.25, 0.3) is 10.8 Å². The van der Waals surface area contributed by atoms with E-state index in [-0.39, 0.29) is 5.56 Å². The molecule has 0 fully saturated rings. The number of fused-ring (bicyclic) bond motifs is 1. The van der Waals surface area contributed by atoms with Crippen LogP contribution in [0.15, 0.2) is 47.7 Å². The van der Waals surface area contributed by atoms with Gasteiger partial charge in [0.05, 0.1) is 12.7 Å². The Balaban J connectivity index is 1.95. The van der Waals surface area contributed by atoms with E-state index in [9.17, 15) is 9.59 Å². The van der Waals surface area contributed by atoms with Gasteiger partial charge in [0.15, 0.2) is 0 Å². The van der Waals surface area contributed by atoms with Crippen molar-refractivity contribution in [1.82, 2.24) is 14.1 Å². The third-order valence-corrected chi connectivity index (χ3v) is 3.91. The normalized spacial score (nSPS) is 10.9. The molecule has 0 amide bonds. The van der Waals surface area contributed by atoms with Crippen LogP contribution in [0.4, 0.5) is 0 Å². The minimum Gasteiger partial charge on any atom is -0.465 e. The maximum Gasteiger partial charge on any atom is 0.337 e. The highest BCUT2D eigenvalue weighted by molar-refractivity contribution is 5.95. The van der Waals surface area contributed by atoms with Gasteiger partial charge in [0.1, 0.15) is 5.82 Å². The van der Waals surface area contributed by atoms with Crippen LogP contribution < -0.4 is 5.56 Å². The summed E-state index contributed by atoms with van der Waals surface area (Å²) in [6.45, 7) is 3.12. The van der Waals surface area contributed by atoms with E-state index in [0.717, 1.165) is 11.2 Å². The smallest absolute Gasteiger partial charge is 0.337 e. The summed E-state index contributed by atoms with van der Waals surface area (Å²) in [5.41, 5.74) is 0.256. The monoisotopic (exact) mass is 311 g/mol. The molecule has 0 radical (unpaired) electrons. The fourth-order valence-electron chi connectivity index (χ4n) is 2.56. The van der Waals surface area contributed by atoms with Crippen LogP contribution >= 0.6 is 0 Å². The first-order valence-corrected chi connectivity index (χ1v) is 7.29. The van der Waals surface area contributed by atoms with E-state index in [1.54, 1.807) is 35.2 Å². The van der Waals surface area contributed by atoms with E-state index in [0.29, 0.717) is 24.0 Å². The number of benzene rings is 1. The van der Waals surface area contributed by atoms with Crippen LogP contribution in [-0.4, -0.2) is 27.2 Å². The number of imidazole rings is 1. The summed E-state index contributed by atoms with van der Waals surface area (Å²) in [4.78, 5) is 28.4. The van der Waals surface area contributed by atoms with Gasteiger partial charge in [-0.2, -0.15) is 0 Å². The summed E-state index contributed by atoms with van der Waals surface area (Å²) >= 11 is 0. The Morgan fingerprint density at radius 1 is 1.17 bits per heavy atom. The third-order valence-electron chi connectivity index (χ3n) is 3.91. The first-order valence-electron chi connectivity index (χ1n) is 7.29. The molecule has 0 atom stereocenters. The molecule has 23 heavy (non-hydrogen) atoms. The second-order valence-electron chi connectivity index (χ2n) is 5.28. The number of nitrogens with zero attached hydrogens (tertiary/aromatic N) is 3. The maximum absolute atomic E-state index is 12.6. The summed E-state index contributed by atoms with van der Waals surface area (Å²) in [6, 6.07) is 6.88. The Morgan fingerprint density at radius 2 is 1.96 bits per heavy atom. The van der Waals surface area contributed by atoms with Gasteiger partial charge >= 0.3 is 5.97 Å². The molecule has 2 aromatic heterocycles. The van der Waals surface area contributed by atoms with Crippen molar-refractivity contribution < 1.29 is 9.53 Å². The molecule has 3 rings (SSSR count). The molecule has 0 aliphatic heterocycles. The number of aryl methyl sites for hydroxylation is 3. The molecule has 0 N–H and O–H groups in total. The zero-order valence-corrected chi connectivity index (χ0v) is 13.0. The number of rotatable bonds is 4. The second-order valence-corrected chi connectivity index (χ2v) is 5.28. The SMILES string of the molecule is COC(=O)c1ccc2ccn(CCn3ccnc3C)c(=O)c2c1. The Kier molecular flexibility index (Phi) is 3.97. The van der Waals surface area contributed by atoms with Crippen molar-refractivity contribution in [2.24, 2.45) is 0 Å². The minimum atomic E-state index is -0.448. The predicted molar refractivity (Wildman–Crippen MR) is 86.5 cm³/mol. The fourth-order valence-corrected chi connectivity index (χ4v) is 2.56. The van der Waals surface area contributed by atoms with Crippen LogP contribution in [0.3, 0.4) is 0 Å². The minimum absolute atomic E-state index is 0.119. The van der Waals surface area contributed by atoms with Gasteiger partial charge in [0.2, 0.25) is 0 Å². The summed E-state index contributed by atoms with van der Waals surface area (Å²) < 4.78 is 8.34. The van der Waals surface area contributed by atoms with Crippen molar-refractivity contribution >= 4 is 16.7 Å². The molecule has 0 unspecified atom stereocenters. The first-order chi connectivity index (χ1) is 11.1. The van der Waals surface area contributed by atoms with E-state index in [2.05, 4.69) is 4.98 Å². The summed E-state index contributed by atoms with van der Waals surface area (Å²) in [7, 11) is 1.32. The predicted octanol–water partition coefficient (Wildman–Crippen LogP) is 1.99. The molecule has 0 saturated heterocycles. The van der Waals surface area contributed by atoms with E-state index in [1.807, 2.05) is 23.8 Å². The lowest BCUT2D eigenvalue weighted by atomic mass is 10.1. The highest BCUT2D eigenvalue weighted by Gasteiger charge is 2.09. The van der Waals surface area contributed by atoms with Crippen LogP contribution in [0.2, 0.25) is 0 Å². The first kappa shape index (κ1) is 15.0. The average Bonchev–Trinajstić information content (AvgIpc) is 2.98. The van der Waals surface area contributed by atoms with Gasteiger partial charge in [0, 0.05) is 37.1 Å². The third kappa shape index (κ3) is 2.88. The van der Waals surface area contributed by atoms with Crippen LogP contribution in [0.5, 0.6) is 0 Å². The Bertz CT molecular complexity index is 924. The van der Waals surface area contributed by atoms with E-state index >= 15 is 0 Å². The summed E-state index contributed by atoms with van der Waals surface area (Å²) in [6.07, 6.45) is 5.40. The lowest BCUT2D eigenvalue weighted by molar-refractivity contribution is 0.0601. The lowest BCUT2D eigenvalue weighted by Gasteiger charge is -2.09. The Morgan fingerprint density at radius 3 is 2.65 bits per heavy atom.